The van der Waals surface area contributed by atoms with Crippen LogP contribution >= 0.6 is 11.3 Å². The molecule has 2 rings (SSSR count). The summed E-state index contributed by atoms with van der Waals surface area (Å²) in [5, 5.41) is 6.28. The van der Waals surface area contributed by atoms with Crippen molar-refractivity contribution in [3.63, 3.8) is 0 Å². The fourth-order valence-electron chi connectivity index (χ4n) is 2.02. The lowest BCUT2D eigenvalue weighted by molar-refractivity contribution is 0.151. The highest BCUT2D eigenvalue weighted by molar-refractivity contribution is 7.09. The molecule has 1 N–H and O–H groups in total. The number of hydrogen-bond donors (Lipinski definition) is 1. The summed E-state index contributed by atoms with van der Waals surface area (Å²) in [5.41, 5.74) is 1.85. The summed E-state index contributed by atoms with van der Waals surface area (Å²) < 4.78 is 25.7. The monoisotopic (exact) mass is 296 g/mol. The van der Waals surface area contributed by atoms with Gasteiger partial charge < -0.3 is 5.32 Å². The molecule has 1 heterocycles. The van der Waals surface area contributed by atoms with Crippen molar-refractivity contribution in [3.8, 4) is 0 Å². The van der Waals surface area contributed by atoms with Crippen molar-refractivity contribution in [2.75, 3.05) is 6.54 Å². The van der Waals surface area contributed by atoms with E-state index in [0.717, 1.165) is 29.2 Å². The zero-order valence-corrected chi connectivity index (χ0v) is 12.4. The molecular formula is C15H18F2N2S. The molecule has 0 fully saturated rings. The number of nitrogens with zero attached hydrogens (tertiary/aromatic N) is 1. The van der Waals surface area contributed by atoms with Gasteiger partial charge in [0, 0.05) is 16.6 Å². The first-order valence-corrected chi connectivity index (χ1v) is 7.53. The van der Waals surface area contributed by atoms with E-state index in [9.17, 15) is 8.78 Å². The molecular weight excluding hydrogens is 278 g/mol. The summed E-state index contributed by atoms with van der Waals surface area (Å²) in [4.78, 5) is 4.48. The van der Waals surface area contributed by atoms with Gasteiger partial charge in [0.25, 0.3) is 6.43 Å². The second kappa shape index (κ2) is 6.90. The van der Waals surface area contributed by atoms with Crippen molar-refractivity contribution in [2.45, 2.75) is 32.7 Å². The number of aryl methyl sites for hydroxylation is 1. The van der Waals surface area contributed by atoms with E-state index in [1.54, 1.807) is 23.5 Å². The van der Waals surface area contributed by atoms with Gasteiger partial charge in [0.05, 0.1) is 6.04 Å². The third kappa shape index (κ3) is 3.61. The van der Waals surface area contributed by atoms with Crippen molar-refractivity contribution in [1.82, 2.24) is 10.3 Å². The molecule has 1 atom stereocenters. The van der Waals surface area contributed by atoms with Gasteiger partial charge in [-0.3, -0.25) is 0 Å². The standard InChI is InChI=1S/C15H18F2N2S/c1-3-7-18-13(15-19-10(2)9-20-15)11-5-4-6-12(8-11)14(16)17/h4-6,8-9,13-14,18H,3,7H2,1-2H3. The van der Waals surface area contributed by atoms with Crippen LogP contribution in [0.4, 0.5) is 8.78 Å². The Morgan fingerprint density at radius 1 is 1.30 bits per heavy atom. The SMILES string of the molecule is CCCNC(c1cccc(C(F)F)c1)c1nc(C)cs1. The van der Waals surface area contributed by atoms with Gasteiger partial charge in [-0.15, -0.1) is 11.3 Å². The Balaban J connectivity index is 2.33. The molecule has 0 aliphatic carbocycles. The number of hydrogen-bond acceptors (Lipinski definition) is 3. The van der Waals surface area contributed by atoms with Gasteiger partial charge >= 0.3 is 0 Å². The maximum atomic E-state index is 12.8. The van der Waals surface area contributed by atoms with Gasteiger partial charge in [-0.1, -0.05) is 25.1 Å². The van der Waals surface area contributed by atoms with E-state index < -0.39 is 6.43 Å². The van der Waals surface area contributed by atoms with Crippen LogP contribution in [0.1, 0.15) is 47.6 Å². The number of alkyl halides is 2. The molecule has 2 nitrogen and oxygen atoms in total. The van der Waals surface area contributed by atoms with Gasteiger partial charge in [-0.25, -0.2) is 13.8 Å². The van der Waals surface area contributed by atoms with Crippen LogP contribution in [-0.2, 0) is 0 Å². The minimum absolute atomic E-state index is 0.0547. The van der Waals surface area contributed by atoms with Crippen LogP contribution in [0.15, 0.2) is 29.6 Å². The molecule has 5 heteroatoms. The fraction of sp³-hybridized carbons (Fsp3) is 0.400. The highest BCUT2D eigenvalue weighted by Crippen LogP contribution is 2.28. The molecule has 1 aromatic heterocycles. The summed E-state index contributed by atoms with van der Waals surface area (Å²) in [6.45, 7) is 4.83. The molecule has 1 aromatic carbocycles. The average Bonchev–Trinajstić information content (AvgIpc) is 2.86. The molecule has 0 aliphatic rings. The Labute approximate surface area is 121 Å². The minimum atomic E-state index is -2.44. The van der Waals surface area contributed by atoms with Crippen molar-refractivity contribution in [2.24, 2.45) is 0 Å². The fourth-order valence-corrected chi connectivity index (χ4v) is 2.91. The number of halogens is 2. The molecule has 20 heavy (non-hydrogen) atoms. The summed E-state index contributed by atoms with van der Waals surface area (Å²) in [6.07, 6.45) is -1.46. The minimum Gasteiger partial charge on any atom is -0.304 e. The lowest BCUT2D eigenvalue weighted by Crippen LogP contribution is -2.23. The van der Waals surface area contributed by atoms with E-state index in [0.29, 0.717) is 0 Å². The van der Waals surface area contributed by atoms with Crippen LogP contribution in [0.25, 0.3) is 0 Å². The normalized spacial score (nSPS) is 12.8. The van der Waals surface area contributed by atoms with Crippen molar-refractivity contribution >= 4 is 11.3 Å². The predicted molar refractivity (Wildman–Crippen MR) is 78.4 cm³/mol. The van der Waals surface area contributed by atoms with Crippen LogP contribution in [0.5, 0.6) is 0 Å². The van der Waals surface area contributed by atoms with E-state index in [1.807, 2.05) is 18.4 Å². The molecule has 0 amide bonds. The molecule has 0 saturated carbocycles. The Kier molecular flexibility index (Phi) is 5.20. The molecule has 0 saturated heterocycles. The third-order valence-corrected chi connectivity index (χ3v) is 4.01. The van der Waals surface area contributed by atoms with Crippen molar-refractivity contribution in [1.29, 1.82) is 0 Å². The average molecular weight is 296 g/mol. The maximum Gasteiger partial charge on any atom is 0.263 e. The van der Waals surface area contributed by atoms with Gasteiger partial charge in [0.15, 0.2) is 0 Å². The lowest BCUT2D eigenvalue weighted by atomic mass is 10.0. The highest BCUT2D eigenvalue weighted by atomic mass is 32.1. The first-order valence-electron chi connectivity index (χ1n) is 6.65. The predicted octanol–water partition coefficient (Wildman–Crippen LogP) is 4.48. The second-order valence-electron chi connectivity index (χ2n) is 4.69. The van der Waals surface area contributed by atoms with E-state index in [2.05, 4.69) is 17.2 Å². The van der Waals surface area contributed by atoms with E-state index in [4.69, 9.17) is 0 Å². The molecule has 2 aromatic rings. The zero-order valence-electron chi connectivity index (χ0n) is 11.6. The summed E-state index contributed by atoms with van der Waals surface area (Å²) in [6, 6.07) is 6.45. The van der Waals surface area contributed by atoms with Gasteiger partial charge in [0.2, 0.25) is 0 Å². The largest absolute Gasteiger partial charge is 0.304 e. The van der Waals surface area contributed by atoms with Crippen LogP contribution in [-0.4, -0.2) is 11.5 Å². The van der Waals surface area contributed by atoms with Crippen LogP contribution in [0, 0.1) is 6.92 Å². The highest BCUT2D eigenvalue weighted by Gasteiger charge is 2.18. The number of thiazole rings is 1. The molecule has 0 spiro atoms. The maximum absolute atomic E-state index is 12.8. The summed E-state index contributed by atoms with van der Waals surface area (Å²) >= 11 is 1.56. The number of rotatable bonds is 6. The molecule has 108 valence electrons. The molecule has 1 unspecified atom stereocenters. The molecule has 0 bridgehead atoms. The summed E-state index contributed by atoms with van der Waals surface area (Å²) in [7, 11) is 0. The van der Waals surface area contributed by atoms with Crippen molar-refractivity contribution in [3.05, 3.63) is 51.5 Å². The topological polar surface area (TPSA) is 24.9 Å². The van der Waals surface area contributed by atoms with Gasteiger partial charge in [-0.2, -0.15) is 0 Å². The van der Waals surface area contributed by atoms with E-state index >= 15 is 0 Å². The quantitative estimate of drug-likeness (QED) is 0.850. The first kappa shape index (κ1) is 15.1. The van der Waals surface area contributed by atoms with Gasteiger partial charge in [0.1, 0.15) is 5.01 Å². The van der Waals surface area contributed by atoms with Crippen molar-refractivity contribution < 1.29 is 8.78 Å². The molecule has 0 aliphatic heterocycles. The van der Waals surface area contributed by atoms with Crippen LogP contribution in [0.3, 0.4) is 0 Å². The summed E-state index contributed by atoms with van der Waals surface area (Å²) in [5.74, 6) is 0. The number of benzene rings is 1. The Bertz CT molecular complexity index is 554. The Hall–Kier alpha value is -1.33. The lowest BCUT2D eigenvalue weighted by Gasteiger charge is -2.17. The Morgan fingerprint density at radius 3 is 2.65 bits per heavy atom. The molecule has 0 radical (unpaired) electrons. The van der Waals surface area contributed by atoms with E-state index in [1.165, 1.54) is 6.07 Å². The second-order valence-corrected chi connectivity index (χ2v) is 5.57. The van der Waals surface area contributed by atoms with Crippen LogP contribution < -0.4 is 5.32 Å². The third-order valence-electron chi connectivity index (χ3n) is 2.98. The van der Waals surface area contributed by atoms with Crippen LogP contribution in [0.2, 0.25) is 0 Å². The Morgan fingerprint density at radius 2 is 2.05 bits per heavy atom. The smallest absolute Gasteiger partial charge is 0.263 e. The number of nitrogens with one attached hydrogen (secondary N) is 1. The van der Waals surface area contributed by atoms with Gasteiger partial charge in [-0.05, 0) is 31.5 Å². The van der Waals surface area contributed by atoms with E-state index in [-0.39, 0.29) is 11.6 Å². The zero-order chi connectivity index (χ0) is 14.5. The first-order chi connectivity index (χ1) is 9.61. The number of aromatic nitrogens is 1.